The highest BCUT2D eigenvalue weighted by atomic mass is 19.1. The number of carbonyl (C=O) groups excluding carboxylic acids is 1. The third-order valence-electron chi connectivity index (χ3n) is 3.96. The van der Waals surface area contributed by atoms with Crippen molar-refractivity contribution in [2.75, 3.05) is 19.8 Å². The van der Waals surface area contributed by atoms with E-state index in [-0.39, 0.29) is 23.3 Å². The molecule has 2 aliphatic rings. The third kappa shape index (κ3) is 6.57. The van der Waals surface area contributed by atoms with E-state index in [0.29, 0.717) is 12.1 Å². The topological polar surface area (TPSA) is 57.6 Å². The van der Waals surface area contributed by atoms with Gasteiger partial charge in [-0.2, -0.15) is 0 Å². The van der Waals surface area contributed by atoms with Crippen molar-refractivity contribution in [1.29, 1.82) is 0 Å². The van der Waals surface area contributed by atoms with Gasteiger partial charge in [-0.05, 0) is 37.3 Å². The number of carboxylic acids is 1. The second-order valence-electron chi connectivity index (χ2n) is 5.58. The molecule has 1 atom stereocenters. The van der Waals surface area contributed by atoms with E-state index in [2.05, 4.69) is 19.4 Å². The summed E-state index contributed by atoms with van der Waals surface area (Å²) in [5, 5.41) is 8.83. The molecule has 0 bridgehead atoms. The lowest BCUT2D eigenvalue weighted by atomic mass is 9.90. The summed E-state index contributed by atoms with van der Waals surface area (Å²) in [6.07, 6.45) is 13.0. The number of carbonyl (C=O) groups is 2. The van der Waals surface area contributed by atoms with Crippen LogP contribution in [0.1, 0.15) is 39.5 Å². The molecule has 1 aliphatic heterocycles. The van der Waals surface area contributed by atoms with Gasteiger partial charge in [0, 0.05) is 24.9 Å². The molecule has 1 unspecified atom stereocenters. The fourth-order valence-corrected chi connectivity index (χ4v) is 2.57. The van der Waals surface area contributed by atoms with E-state index in [4.69, 9.17) is 5.11 Å². The number of amides is 1. The van der Waals surface area contributed by atoms with Gasteiger partial charge in [-0.1, -0.05) is 20.4 Å². The molecule has 1 aliphatic carbocycles. The van der Waals surface area contributed by atoms with E-state index < -0.39 is 12.6 Å². The molecule has 1 heterocycles. The highest BCUT2D eigenvalue weighted by Crippen LogP contribution is 2.33. The number of carboxylic acid groups (broad SMARTS) is 1. The number of terminal acetylenes is 1. The van der Waals surface area contributed by atoms with E-state index in [0.717, 1.165) is 32.2 Å². The first-order valence-electron chi connectivity index (χ1n) is 8.33. The Hall–Kier alpha value is -2.09. The van der Waals surface area contributed by atoms with Crippen LogP contribution in [0.25, 0.3) is 0 Å². The fourth-order valence-electron chi connectivity index (χ4n) is 2.57. The molecule has 0 radical (unpaired) electrons. The molecule has 0 aromatic carbocycles. The van der Waals surface area contributed by atoms with Gasteiger partial charge in [0.05, 0.1) is 5.57 Å². The van der Waals surface area contributed by atoms with Crippen LogP contribution in [0.2, 0.25) is 0 Å². The second kappa shape index (κ2) is 11.4. The Kier molecular flexibility index (Phi) is 10.4. The minimum absolute atomic E-state index is 0.0346. The minimum Gasteiger partial charge on any atom is -0.478 e. The van der Waals surface area contributed by atoms with Gasteiger partial charge in [-0.15, -0.1) is 12.8 Å². The van der Waals surface area contributed by atoms with Crippen molar-refractivity contribution in [3.05, 3.63) is 23.8 Å². The fraction of sp³-hybridized carbons (Fsp3) is 0.579. The summed E-state index contributed by atoms with van der Waals surface area (Å²) < 4.78 is 12.6. The summed E-state index contributed by atoms with van der Waals surface area (Å²) in [5.41, 5.74) is 0.328. The number of allylic oxidation sites excluding steroid dienone is 1. The average Bonchev–Trinajstić information content (AvgIpc) is 3.47. The Bertz CT molecular complexity index is 492. The van der Waals surface area contributed by atoms with Gasteiger partial charge in [0.25, 0.3) is 0 Å². The molecule has 1 N–H and O–H groups in total. The first-order valence-corrected chi connectivity index (χ1v) is 8.33. The number of rotatable bonds is 5. The predicted octanol–water partition coefficient (Wildman–Crippen LogP) is 3.45. The van der Waals surface area contributed by atoms with E-state index in [1.54, 1.807) is 0 Å². The predicted molar refractivity (Wildman–Crippen MR) is 94.1 cm³/mol. The van der Waals surface area contributed by atoms with Crippen molar-refractivity contribution in [2.45, 2.75) is 39.5 Å². The lowest BCUT2D eigenvalue weighted by Crippen LogP contribution is -2.41. The quantitative estimate of drug-likeness (QED) is 0.475. The van der Waals surface area contributed by atoms with Crippen molar-refractivity contribution >= 4 is 11.9 Å². The van der Waals surface area contributed by atoms with Crippen molar-refractivity contribution < 1.29 is 19.1 Å². The first-order chi connectivity index (χ1) is 11.5. The molecule has 4 nitrogen and oxygen atoms in total. The Morgan fingerprint density at radius 1 is 1.25 bits per heavy atom. The molecule has 5 heteroatoms. The zero-order valence-electron chi connectivity index (χ0n) is 14.6. The molecule has 134 valence electrons. The van der Waals surface area contributed by atoms with Crippen molar-refractivity contribution in [1.82, 2.24) is 4.90 Å². The van der Waals surface area contributed by atoms with Crippen LogP contribution in [-0.4, -0.2) is 41.6 Å². The molecule has 1 amide bonds. The summed E-state index contributed by atoms with van der Waals surface area (Å²) in [6, 6.07) is 0. The highest BCUT2D eigenvalue weighted by Gasteiger charge is 2.35. The number of hydrogen-bond donors (Lipinski definition) is 1. The first kappa shape index (κ1) is 21.9. The monoisotopic (exact) mass is 337 g/mol. The van der Waals surface area contributed by atoms with Crippen LogP contribution in [0.15, 0.2) is 23.8 Å². The molecular weight excluding hydrogens is 309 g/mol. The van der Waals surface area contributed by atoms with Crippen molar-refractivity contribution in [3.63, 3.8) is 0 Å². The van der Waals surface area contributed by atoms with Crippen LogP contribution < -0.4 is 0 Å². The molecule has 2 rings (SSSR count). The van der Waals surface area contributed by atoms with Gasteiger partial charge in [-0.25, -0.2) is 9.18 Å². The zero-order valence-corrected chi connectivity index (χ0v) is 14.6. The van der Waals surface area contributed by atoms with E-state index in [1.807, 2.05) is 18.7 Å². The summed E-state index contributed by atoms with van der Waals surface area (Å²) in [6.45, 7) is 8.19. The Morgan fingerprint density at radius 2 is 1.83 bits per heavy atom. The molecule has 2 fully saturated rings. The normalized spacial score (nSPS) is 20.0. The SMILES string of the molecule is C#C.C=C(/C=C(\CF)C(=O)O)C1CCCN(C(=O)C2CC2)C1.CC. The molecule has 0 aromatic rings. The van der Waals surface area contributed by atoms with Crippen LogP contribution in [-0.2, 0) is 9.59 Å². The minimum atomic E-state index is -1.25. The van der Waals surface area contributed by atoms with Crippen LogP contribution in [0.5, 0.6) is 0 Å². The van der Waals surface area contributed by atoms with Crippen molar-refractivity contribution in [3.8, 4) is 12.8 Å². The number of nitrogens with zero attached hydrogens (tertiary/aromatic N) is 1. The number of hydrogen-bond acceptors (Lipinski definition) is 2. The molecule has 0 spiro atoms. The van der Waals surface area contributed by atoms with E-state index in [1.165, 1.54) is 6.08 Å². The maximum absolute atomic E-state index is 12.6. The van der Waals surface area contributed by atoms with Crippen LogP contribution in [0.4, 0.5) is 4.39 Å². The molecule has 24 heavy (non-hydrogen) atoms. The van der Waals surface area contributed by atoms with Crippen LogP contribution in [0.3, 0.4) is 0 Å². The maximum atomic E-state index is 12.6. The molecular formula is C19H28FNO3. The standard InChI is InChI=1S/C15H20FNO3.C2H6.C2H2/c1-10(7-13(8-16)15(19)20)12-3-2-6-17(9-12)14(18)11-4-5-11;2*1-2/h7,11-12H,1-6,8-9H2,(H,19,20);1-2H3;1-2H/b13-7+;;. The number of likely N-dealkylation sites (tertiary alicyclic amines) is 1. The zero-order chi connectivity index (χ0) is 18.7. The van der Waals surface area contributed by atoms with Gasteiger partial charge in [0.2, 0.25) is 5.91 Å². The van der Waals surface area contributed by atoms with E-state index in [9.17, 15) is 14.0 Å². The number of aliphatic carboxylic acids is 1. The third-order valence-corrected chi connectivity index (χ3v) is 3.96. The van der Waals surface area contributed by atoms with Gasteiger partial charge in [0.1, 0.15) is 6.67 Å². The smallest absolute Gasteiger partial charge is 0.334 e. The molecule has 1 saturated carbocycles. The van der Waals surface area contributed by atoms with Gasteiger partial charge in [0.15, 0.2) is 0 Å². The number of piperidine rings is 1. The second-order valence-corrected chi connectivity index (χ2v) is 5.58. The summed E-state index contributed by atoms with van der Waals surface area (Å²) in [7, 11) is 0. The van der Waals surface area contributed by atoms with Gasteiger partial charge in [-0.3, -0.25) is 4.79 Å². The lowest BCUT2D eigenvalue weighted by molar-refractivity contribution is -0.134. The van der Waals surface area contributed by atoms with E-state index >= 15 is 0 Å². The summed E-state index contributed by atoms with van der Waals surface area (Å²) in [5.74, 6) is -0.823. The van der Waals surface area contributed by atoms with Gasteiger partial charge >= 0.3 is 5.97 Å². The summed E-state index contributed by atoms with van der Waals surface area (Å²) >= 11 is 0. The van der Waals surface area contributed by atoms with Gasteiger partial charge < -0.3 is 10.0 Å². The molecule has 1 saturated heterocycles. The molecule has 0 aromatic heterocycles. The van der Waals surface area contributed by atoms with Crippen LogP contribution >= 0.6 is 0 Å². The van der Waals surface area contributed by atoms with Crippen molar-refractivity contribution in [2.24, 2.45) is 11.8 Å². The van der Waals surface area contributed by atoms with Crippen LogP contribution in [0, 0.1) is 24.7 Å². The Labute approximate surface area is 144 Å². The number of halogens is 1. The highest BCUT2D eigenvalue weighted by molar-refractivity contribution is 5.87. The number of alkyl halides is 1. The Balaban J connectivity index is 0.00000123. The summed E-state index contributed by atoms with van der Waals surface area (Å²) in [4.78, 5) is 24.7. The lowest BCUT2D eigenvalue weighted by Gasteiger charge is -2.33. The average molecular weight is 337 g/mol. The largest absolute Gasteiger partial charge is 0.478 e. The maximum Gasteiger partial charge on any atom is 0.334 e. The Morgan fingerprint density at radius 3 is 2.29 bits per heavy atom.